The number of fused-ring (bicyclic) bond motifs is 7. The van der Waals surface area contributed by atoms with Gasteiger partial charge in [0.2, 0.25) is 5.78 Å². The number of carboxylic acid groups (broad SMARTS) is 1. The first kappa shape index (κ1) is 23.7. The maximum Gasteiger partial charge on any atom is 0.339 e. The number of carbonyl (C=O) groups is 2. The summed E-state index contributed by atoms with van der Waals surface area (Å²) in [6.45, 7) is 8.65. The van der Waals surface area contributed by atoms with Crippen molar-refractivity contribution in [3.05, 3.63) is 23.6 Å². The highest BCUT2D eigenvalue weighted by molar-refractivity contribution is 6.35. The van der Waals surface area contributed by atoms with E-state index in [4.69, 9.17) is 32.7 Å². The molecule has 9 heteroatoms. The molecule has 0 spiro atoms. The Kier molecular flexibility index (Phi) is 4.61. The lowest BCUT2D eigenvalue weighted by atomic mass is 9.44. The molecule has 1 saturated heterocycles. The van der Waals surface area contributed by atoms with Gasteiger partial charge in [-0.1, -0.05) is 38.4 Å². The molecule has 4 aliphatic carbocycles. The van der Waals surface area contributed by atoms with E-state index in [2.05, 4.69) is 0 Å². The molecule has 33 heavy (non-hydrogen) atoms. The number of halogens is 3. The van der Waals surface area contributed by atoms with Crippen LogP contribution in [0.3, 0.4) is 0 Å². The van der Waals surface area contributed by atoms with Crippen LogP contribution in [0.15, 0.2) is 23.6 Å². The minimum Gasteiger partial charge on any atom is -0.479 e. The highest BCUT2D eigenvalue weighted by Gasteiger charge is 2.83. The number of rotatable bonds is 1. The zero-order valence-corrected chi connectivity index (χ0v) is 20.8. The van der Waals surface area contributed by atoms with Crippen LogP contribution in [0.1, 0.15) is 53.9 Å². The van der Waals surface area contributed by atoms with Crippen molar-refractivity contribution < 1.29 is 33.7 Å². The second-order valence-corrected chi connectivity index (χ2v) is 12.6. The van der Waals surface area contributed by atoms with Gasteiger partial charge in [0, 0.05) is 17.3 Å². The standard InChI is InChI=1S/C24H29Cl2FO6/c1-11-8-13-12-9-15-23(18(29)30,33-19(2,3)32-15)21(12,5)10-22(25,31)24(13,26)20(4)7-6-14(28)17(27)16(11)20/h6-7,11-13,15,31H,8-10H2,1-5H3,(H,29,30)/t11-,12-,13-,15+,20-,21-,22+,23-,24+/m0/s1. The van der Waals surface area contributed by atoms with E-state index in [1.165, 1.54) is 0 Å². The summed E-state index contributed by atoms with van der Waals surface area (Å²) in [6, 6.07) is 0. The van der Waals surface area contributed by atoms with Crippen LogP contribution < -0.4 is 0 Å². The van der Waals surface area contributed by atoms with Crippen LogP contribution in [-0.4, -0.2) is 49.4 Å². The molecule has 9 atom stereocenters. The minimum absolute atomic E-state index is 0.199. The van der Waals surface area contributed by atoms with Crippen molar-refractivity contribution >= 4 is 35.0 Å². The van der Waals surface area contributed by atoms with Crippen molar-refractivity contribution in [2.24, 2.45) is 28.6 Å². The van der Waals surface area contributed by atoms with Crippen LogP contribution in [0, 0.1) is 28.6 Å². The van der Waals surface area contributed by atoms with Crippen molar-refractivity contribution in [3.63, 3.8) is 0 Å². The van der Waals surface area contributed by atoms with E-state index in [1.54, 1.807) is 33.8 Å². The highest BCUT2D eigenvalue weighted by atomic mass is 35.5. The van der Waals surface area contributed by atoms with Crippen molar-refractivity contribution in [2.45, 2.75) is 81.3 Å². The Labute approximate surface area is 202 Å². The van der Waals surface area contributed by atoms with Gasteiger partial charge in [0.15, 0.2) is 22.3 Å². The number of carbonyl (C=O) groups excluding carboxylic acids is 1. The van der Waals surface area contributed by atoms with Crippen LogP contribution in [-0.2, 0) is 19.1 Å². The molecular weight excluding hydrogens is 474 g/mol. The Balaban J connectivity index is 1.72. The molecule has 0 aromatic rings. The summed E-state index contributed by atoms with van der Waals surface area (Å²) in [5, 5.41) is 20.1. The summed E-state index contributed by atoms with van der Waals surface area (Å²) in [4.78, 5) is 23.3. The third kappa shape index (κ3) is 2.46. The Morgan fingerprint density at radius 2 is 1.82 bits per heavy atom. The Morgan fingerprint density at radius 1 is 1.18 bits per heavy atom. The average Bonchev–Trinajstić information content (AvgIpc) is 3.08. The molecule has 0 aromatic heterocycles. The number of alkyl halides is 2. The molecule has 0 unspecified atom stereocenters. The van der Waals surface area contributed by atoms with Crippen molar-refractivity contribution in [3.8, 4) is 0 Å². The number of hydrogen-bond acceptors (Lipinski definition) is 5. The van der Waals surface area contributed by atoms with Gasteiger partial charge >= 0.3 is 5.97 Å². The molecular formula is C24H29Cl2FO6. The maximum absolute atomic E-state index is 15.2. The SMILES string of the molecule is C[C@H]1C[C@H]2[C@@H]3C[C@H]4OC(C)(C)O[C@@]4(C(=O)O)[C@@]3(C)C[C@](O)(Cl)[C@]2(Cl)[C@@]2(C)C=CC(=O)C(F)=C12. The monoisotopic (exact) mass is 502 g/mol. The number of ether oxygens (including phenoxy) is 2. The molecule has 4 fully saturated rings. The highest BCUT2D eigenvalue weighted by Crippen LogP contribution is 2.76. The number of carboxylic acids is 1. The molecule has 6 nitrogen and oxygen atoms in total. The lowest BCUT2D eigenvalue weighted by Crippen LogP contribution is -2.73. The first-order chi connectivity index (χ1) is 15.0. The zero-order valence-electron chi connectivity index (χ0n) is 19.2. The lowest BCUT2D eigenvalue weighted by Gasteiger charge is -2.67. The molecule has 182 valence electrons. The average molecular weight is 503 g/mol. The molecule has 2 N–H and O–H groups in total. The zero-order chi connectivity index (χ0) is 24.6. The van der Waals surface area contributed by atoms with E-state index in [-0.39, 0.29) is 23.8 Å². The summed E-state index contributed by atoms with van der Waals surface area (Å²) in [5.41, 5.74) is -3.84. The van der Waals surface area contributed by atoms with Crippen molar-refractivity contribution in [1.29, 1.82) is 0 Å². The third-order valence-corrected chi connectivity index (χ3v) is 10.8. The predicted octanol–water partition coefficient (Wildman–Crippen LogP) is 4.32. The molecule has 0 aromatic carbocycles. The van der Waals surface area contributed by atoms with E-state index in [1.807, 2.05) is 6.92 Å². The van der Waals surface area contributed by atoms with Gasteiger partial charge in [-0.25, -0.2) is 9.18 Å². The van der Waals surface area contributed by atoms with Crippen LogP contribution in [0.25, 0.3) is 0 Å². The molecule has 5 aliphatic rings. The Hall–Kier alpha value is -0.990. The van der Waals surface area contributed by atoms with E-state index in [0.29, 0.717) is 12.8 Å². The van der Waals surface area contributed by atoms with Gasteiger partial charge in [0.05, 0.1) is 0 Å². The number of hydrogen-bond donors (Lipinski definition) is 2. The predicted molar refractivity (Wildman–Crippen MR) is 118 cm³/mol. The first-order valence-corrected chi connectivity index (χ1v) is 12.1. The Bertz CT molecular complexity index is 1040. The quantitative estimate of drug-likeness (QED) is 0.518. The number of aliphatic hydroxyl groups is 1. The van der Waals surface area contributed by atoms with Crippen molar-refractivity contribution in [2.75, 3.05) is 0 Å². The van der Waals surface area contributed by atoms with Crippen molar-refractivity contribution in [1.82, 2.24) is 0 Å². The van der Waals surface area contributed by atoms with Crippen LogP contribution in [0.4, 0.5) is 4.39 Å². The van der Waals surface area contributed by atoms with Gasteiger partial charge < -0.3 is 19.7 Å². The second kappa shape index (κ2) is 6.41. The van der Waals surface area contributed by atoms with E-state index in [0.717, 1.165) is 6.08 Å². The molecule has 1 aliphatic heterocycles. The summed E-state index contributed by atoms with van der Waals surface area (Å²) < 4.78 is 27.3. The Morgan fingerprint density at radius 3 is 2.42 bits per heavy atom. The van der Waals surface area contributed by atoms with Gasteiger partial charge in [-0.15, -0.1) is 11.6 Å². The fourth-order valence-corrected chi connectivity index (χ4v) is 9.35. The molecule has 5 rings (SSSR count). The van der Waals surface area contributed by atoms with Gasteiger partial charge in [-0.05, 0) is 56.1 Å². The summed E-state index contributed by atoms with van der Waals surface area (Å²) in [5.74, 6) is -5.05. The molecule has 0 bridgehead atoms. The van der Waals surface area contributed by atoms with Gasteiger partial charge in [-0.2, -0.15) is 0 Å². The van der Waals surface area contributed by atoms with Gasteiger partial charge in [0.1, 0.15) is 11.0 Å². The van der Waals surface area contributed by atoms with Gasteiger partial charge in [-0.3, -0.25) is 4.79 Å². The topological polar surface area (TPSA) is 93.1 Å². The molecule has 3 saturated carbocycles. The summed E-state index contributed by atoms with van der Waals surface area (Å²) in [7, 11) is 0. The third-order valence-electron chi connectivity index (χ3n) is 9.33. The van der Waals surface area contributed by atoms with E-state index < -0.39 is 61.8 Å². The smallest absolute Gasteiger partial charge is 0.339 e. The maximum atomic E-state index is 15.2. The van der Waals surface area contributed by atoms with Crippen LogP contribution >= 0.6 is 23.2 Å². The molecule has 1 heterocycles. The van der Waals surface area contributed by atoms with E-state index in [9.17, 15) is 19.8 Å². The number of ketones is 1. The number of allylic oxidation sites excluding steroid dienone is 4. The second-order valence-electron chi connectivity index (χ2n) is 11.4. The molecule has 0 radical (unpaired) electrons. The fraction of sp³-hybridized carbons (Fsp3) is 0.750. The first-order valence-electron chi connectivity index (χ1n) is 11.3. The normalized spacial score (nSPS) is 54.5. The number of aliphatic carboxylic acids is 1. The summed E-state index contributed by atoms with van der Waals surface area (Å²) >= 11 is 14.2. The molecule has 0 amide bonds. The van der Waals surface area contributed by atoms with E-state index >= 15 is 4.39 Å². The lowest BCUT2D eigenvalue weighted by molar-refractivity contribution is -0.235. The van der Waals surface area contributed by atoms with Crippen LogP contribution in [0.5, 0.6) is 0 Å². The largest absolute Gasteiger partial charge is 0.479 e. The minimum atomic E-state index is -2.12. The van der Waals surface area contributed by atoms with Gasteiger partial charge in [0.25, 0.3) is 0 Å². The fourth-order valence-electron chi connectivity index (χ4n) is 8.26. The van der Waals surface area contributed by atoms with Crippen LogP contribution in [0.2, 0.25) is 0 Å². The summed E-state index contributed by atoms with van der Waals surface area (Å²) in [6.07, 6.45) is 2.44.